The molecule has 1 aromatic heterocycles. The van der Waals surface area contributed by atoms with E-state index < -0.39 is 0 Å². The molecule has 0 saturated heterocycles. The second-order valence-corrected chi connectivity index (χ2v) is 6.87. The van der Waals surface area contributed by atoms with Gasteiger partial charge in [0.25, 0.3) is 5.56 Å². The number of fused-ring (bicyclic) bond motifs is 1. The Hall–Kier alpha value is -3.06. The molecule has 146 valence electrons. The summed E-state index contributed by atoms with van der Waals surface area (Å²) in [6, 6.07) is 13.3. The third-order valence-electron chi connectivity index (χ3n) is 4.60. The van der Waals surface area contributed by atoms with E-state index in [-0.39, 0.29) is 29.7 Å². The molecule has 0 radical (unpaired) electrons. The van der Waals surface area contributed by atoms with Crippen molar-refractivity contribution in [2.24, 2.45) is 0 Å². The van der Waals surface area contributed by atoms with Crippen LogP contribution in [0.25, 0.3) is 10.9 Å². The number of likely N-dealkylation sites (N-methyl/N-ethyl adjacent to an activating group) is 1. The van der Waals surface area contributed by atoms with Crippen LogP contribution in [-0.4, -0.2) is 41.4 Å². The minimum absolute atomic E-state index is 0.141. The molecule has 0 fully saturated rings. The van der Waals surface area contributed by atoms with Crippen molar-refractivity contribution in [2.75, 3.05) is 20.6 Å². The van der Waals surface area contributed by atoms with Gasteiger partial charge in [0.05, 0.1) is 16.9 Å². The van der Waals surface area contributed by atoms with Crippen LogP contribution in [0.5, 0.6) is 0 Å². The van der Waals surface area contributed by atoms with E-state index in [4.69, 9.17) is 0 Å². The van der Waals surface area contributed by atoms with E-state index in [1.54, 1.807) is 24.3 Å². The number of amides is 1. The first kappa shape index (κ1) is 19.7. The lowest BCUT2D eigenvalue weighted by atomic mass is 10.1. The van der Waals surface area contributed by atoms with Gasteiger partial charge in [-0.05, 0) is 43.9 Å². The number of aromatic nitrogens is 2. The van der Waals surface area contributed by atoms with E-state index in [0.717, 1.165) is 5.56 Å². The van der Waals surface area contributed by atoms with Crippen LogP contribution in [0.2, 0.25) is 0 Å². The molecule has 1 heterocycles. The van der Waals surface area contributed by atoms with Crippen LogP contribution in [0.4, 0.5) is 4.39 Å². The van der Waals surface area contributed by atoms with E-state index in [1.165, 1.54) is 12.1 Å². The smallest absolute Gasteiger partial charge is 0.258 e. The van der Waals surface area contributed by atoms with Crippen LogP contribution in [-0.2, 0) is 11.2 Å². The molecule has 2 N–H and O–H groups in total. The summed E-state index contributed by atoms with van der Waals surface area (Å²) in [6.45, 7) is 0.358. The maximum atomic E-state index is 13.5. The molecule has 28 heavy (non-hydrogen) atoms. The summed E-state index contributed by atoms with van der Waals surface area (Å²) < 4.78 is 13.5. The van der Waals surface area contributed by atoms with Gasteiger partial charge in [-0.1, -0.05) is 24.3 Å². The third-order valence-corrected chi connectivity index (χ3v) is 4.60. The predicted octanol–water partition coefficient (Wildman–Crippen LogP) is 2.41. The van der Waals surface area contributed by atoms with E-state index in [2.05, 4.69) is 15.3 Å². The van der Waals surface area contributed by atoms with Gasteiger partial charge < -0.3 is 15.2 Å². The molecule has 0 saturated carbocycles. The van der Waals surface area contributed by atoms with Crippen molar-refractivity contribution in [3.8, 4) is 0 Å². The number of benzene rings is 2. The Balaban J connectivity index is 1.60. The van der Waals surface area contributed by atoms with Gasteiger partial charge in [-0.15, -0.1) is 0 Å². The van der Waals surface area contributed by atoms with Gasteiger partial charge in [-0.3, -0.25) is 9.59 Å². The minimum atomic E-state index is -0.304. The van der Waals surface area contributed by atoms with Crippen LogP contribution < -0.4 is 10.9 Å². The number of carbonyl (C=O) groups is 1. The average Bonchev–Trinajstić information content (AvgIpc) is 2.66. The number of H-pyrrole nitrogens is 1. The molecule has 2 aromatic carbocycles. The second kappa shape index (κ2) is 8.75. The lowest BCUT2D eigenvalue weighted by molar-refractivity contribution is -0.121. The number of hydrogen-bond acceptors (Lipinski definition) is 4. The molecule has 0 aliphatic heterocycles. The van der Waals surface area contributed by atoms with Crippen LogP contribution in [0, 0.1) is 5.82 Å². The van der Waals surface area contributed by atoms with E-state index in [1.807, 2.05) is 31.1 Å². The summed E-state index contributed by atoms with van der Waals surface area (Å²) >= 11 is 0. The summed E-state index contributed by atoms with van der Waals surface area (Å²) in [5, 5.41) is 3.41. The Kier molecular flexibility index (Phi) is 6.16. The number of aromatic amines is 1. The fourth-order valence-corrected chi connectivity index (χ4v) is 3.10. The van der Waals surface area contributed by atoms with Crippen molar-refractivity contribution in [2.45, 2.75) is 18.9 Å². The number of nitrogens with zero attached hydrogens (tertiary/aromatic N) is 2. The maximum Gasteiger partial charge on any atom is 0.258 e. The van der Waals surface area contributed by atoms with E-state index >= 15 is 0 Å². The monoisotopic (exact) mass is 382 g/mol. The third kappa shape index (κ3) is 4.80. The van der Waals surface area contributed by atoms with Crippen molar-refractivity contribution in [3.05, 3.63) is 76.1 Å². The number of para-hydroxylation sites is 1. The van der Waals surface area contributed by atoms with Crippen molar-refractivity contribution >= 4 is 16.8 Å². The van der Waals surface area contributed by atoms with Gasteiger partial charge in [0.1, 0.15) is 11.6 Å². The molecule has 1 unspecified atom stereocenters. The van der Waals surface area contributed by atoms with Gasteiger partial charge in [-0.25, -0.2) is 9.37 Å². The summed E-state index contributed by atoms with van der Waals surface area (Å²) in [4.78, 5) is 33.4. The second-order valence-electron chi connectivity index (χ2n) is 6.87. The standard InChI is InChI=1S/C21H23FN4O2/c1-26(2)18(14-6-5-7-15(22)12-14)13-23-20(27)11-10-19-24-17-9-4-3-8-16(17)21(28)25-19/h3-9,12,18H,10-11,13H2,1-2H3,(H,23,27)(H,24,25,28). The Morgan fingerprint density at radius 3 is 2.75 bits per heavy atom. The number of carbonyl (C=O) groups excluding carboxylic acids is 1. The van der Waals surface area contributed by atoms with Crippen molar-refractivity contribution in [1.29, 1.82) is 0 Å². The van der Waals surface area contributed by atoms with Gasteiger partial charge in [-0.2, -0.15) is 0 Å². The first-order valence-corrected chi connectivity index (χ1v) is 9.10. The number of halogens is 1. The zero-order chi connectivity index (χ0) is 20.1. The Labute approximate surface area is 162 Å². The molecule has 7 heteroatoms. The van der Waals surface area contributed by atoms with Gasteiger partial charge in [0.15, 0.2) is 0 Å². The zero-order valence-corrected chi connectivity index (χ0v) is 15.9. The largest absolute Gasteiger partial charge is 0.354 e. The molecule has 6 nitrogen and oxygen atoms in total. The minimum Gasteiger partial charge on any atom is -0.354 e. The molecule has 3 aromatic rings. The topological polar surface area (TPSA) is 78.1 Å². The van der Waals surface area contributed by atoms with Gasteiger partial charge >= 0.3 is 0 Å². The Morgan fingerprint density at radius 2 is 2.00 bits per heavy atom. The summed E-state index contributed by atoms with van der Waals surface area (Å²) in [5.41, 5.74) is 1.20. The molecule has 0 aliphatic rings. The molecule has 1 atom stereocenters. The van der Waals surface area contributed by atoms with Crippen LogP contribution in [0.3, 0.4) is 0 Å². The lowest BCUT2D eigenvalue weighted by Crippen LogP contribution is -2.34. The fourth-order valence-electron chi connectivity index (χ4n) is 3.10. The quantitative estimate of drug-likeness (QED) is 0.658. The SMILES string of the molecule is CN(C)C(CNC(=O)CCc1nc2ccccc2c(=O)[nH]1)c1cccc(F)c1. The van der Waals surface area contributed by atoms with Crippen LogP contribution in [0.1, 0.15) is 23.9 Å². The van der Waals surface area contributed by atoms with Gasteiger partial charge in [0.2, 0.25) is 5.91 Å². The summed E-state index contributed by atoms with van der Waals surface area (Å²) in [7, 11) is 3.76. The van der Waals surface area contributed by atoms with E-state index in [9.17, 15) is 14.0 Å². The number of hydrogen-bond donors (Lipinski definition) is 2. The lowest BCUT2D eigenvalue weighted by Gasteiger charge is -2.25. The molecule has 0 aliphatic carbocycles. The van der Waals surface area contributed by atoms with Crippen molar-refractivity contribution < 1.29 is 9.18 Å². The highest BCUT2D eigenvalue weighted by Crippen LogP contribution is 2.18. The first-order chi connectivity index (χ1) is 13.4. The van der Waals surface area contributed by atoms with Crippen LogP contribution >= 0.6 is 0 Å². The molecule has 3 rings (SSSR count). The highest BCUT2D eigenvalue weighted by molar-refractivity contribution is 5.78. The Morgan fingerprint density at radius 1 is 1.21 bits per heavy atom. The Bertz CT molecular complexity index is 1030. The average molecular weight is 382 g/mol. The molecule has 1 amide bonds. The van der Waals surface area contributed by atoms with E-state index in [0.29, 0.717) is 29.7 Å². The zero-order valence-electron chi connectivity index (χ0n) is 15.9. The predicted molar refractivity (Wildman–Crippen MR) is 107 cm³/mol. The number of rotatable bonds is 7. The van der Waals surface area contributed by atoms with Crippen molar-refractivity contribution in [1.82, 2.24) is 20.2 Å². The summed E-state index contributed by atoms with van der Waals surface area (Å²) in [5.74, 6) is 0.0224. The molecule has 0 spiro atoms. The highest BCUT2D eigenvalue weighted by Gasteiger charge is 2.16. The molecular weight excluding hydrogens is 359 g/mol. The molecular formula is C21H23FN4O2. The fraction of sp³-hybridized carbons (Fsp3) is 0.286. The maximum absolute atomic E-state index is 13.5. The number of aryl methyl sites for hydroxylation is 1. The molecule has 0 bridgehead atoms. The van der Waals surface area contributed by atoms with Crippen molar-refractivity contribution in [3.63, 3.8) is 0 Å². The normalized spacial score (nSPS) is 12.3. The van der Waals surface area contributed by atoms with Gasteiger partial charge in [0, 0.05) is 19.4 Å². The first-order valence-electron chi connectivity index (χ1n) is 9.10. The highest BCUT2D eigenvalue weighted by atomic mass is 19.1. The number of nitrogens with one attached hydrogen (secondary N) is 2. The van der Waals surface area contributed by atoms with Crippen LogP contribution in [0.15, 0.2) is 53.3 Å². The summed E-state index contributed by atoms with van der Waals surface area (Å²) in [6.07, 6.45) is 0.531.